The van der Waals surface area contributed by atoms with Crippen molar-refractivity contribution in [2.24, 2.45) is 0 Å². The van der Waals surface area contributed by atoms with Gasteiger partial charge in [-0.1, -0.05) is 11.6 Å². The maximum atomic E-state index is 14.5. The first-order valence-electron chi connectivity index (χ1n) is 18.9. The number of piperidine rings is 1. The first-order valence-corrected chi connectivity index (χ1v) is 19.7. The van der Waals surface area contributed by atoms with Gasteiger partial charge in [-0.05, 0) is 94.0 Å². The largest absolute Gasteiger partial charge is 0.492 e. The second kappa shape index (κ2) is 17.5. The third-order valence-electron chi connectivity index (χ3n) is 10.5. The van der Waals surface area contributed by atoms with E-state index in [1.807, 2.05) is 16.7 Å². The molecule has 0 bridgehead atoms. The minimum Gasteiger partial charge on any atom is -0.492 e. The molecule has 2 atom stereocenters. The number of nitrogens with one attached hydrogen (secondary N) is 3. The molecule has 3 aromatic carbocycles. The minimum absolute atomic E-state index is 0.0396. The number of carbonyl (C=O) groups excluding carboxylic acids is 4. The molecular weight excluding hydrogens is 854 g/mol. The van der Waals surface area contributed by atoms with E-state index >= 15 is 0 Å². The fourth-order valence-electron chi connectivity index (χ4n) is 7.42. The molecule has 1 unspecified atom stereocenters. The Labute approximate surface area is 356 Å². The number of halogens is 7. The van der Waals surface area contributed by atoms with Crippen LogP contribution < -0.4 is 30.5 Å². The summed E-state index contributed by atoms with van der Waals surface area (Å²) < 4.78 is 90.4. The van der Waals surface area contributed by atoms with Crippen LogP contribution in [0.5, 0.6) is 5.75 Å². The second-order valence-corrected chi connectivity index (χ2v) is 16.0. The zero-order valence-corrected chi connectivity index (χ0v) is 34.4. The average molecular weight is 893 g/mol. The van der Waals surface area contributed by atoms with Gasteiger partial charge >= 0.3 is 12.4 Å². The van der Waals surface area contributed by atoms with Crippen LogP contribution in [0, 0.1) is 11.3 Å². The van der Waals surface area contributed by atoms with E-state index < -0.39 is 58.2 Å². The molecule has 13 nitrogen and oxygen atoms in total. The van der Waals surface area contributed by atoms with Gasteiger partial charge in [0.2, 0.25) is 17.7 Å². The van der Waals surface area contributed by atoms with Gasteiger partial charge in [0.05, 0.1) is 35.0 Å². The number of rotatable bonds is 11. The number of piperazine rings is 1. The Kier molecular flexibility index (Phi) is 12.9. The van der Waals surface area contributed by atoms with E-state index in [1.54, 1.807) is 18.2 Å². The lowest BCUT2D eigenvalue weighted by Crippen LogP contribution is -2.54. The van der Waals surface area contributed by atoms with Gasteiger partial charge in [-0.2, -0.15) is 31.6 Å². The smallest absolute Gasteiger partial charge is 0.420 e. The third kappa shape index (κ3) is 10.0. The molecule has 324 valence electrons. The van der Waals surface area contributed by atoms with E-state index in [0.29, 0.717) is 48.5 Å². The normalized spacial score (nSPS) is 20.1. The molecule has 3 fully saturated rings. The summed E-state index contributed by atoms with van der Waals surface area (Å²) >= 11 is 11.8. The van der Waals surface area contributed by atoms with Crippen molar-refractivity contribution >= 4 is 75.3 Å². The molecule has 6 rings (SSSR count). The number of ether oxygens (including phenoxy) is 1. The maximum absolute atomic E-state index is 14.5. The van der Waals surface area contributed by atoms with E-state index in [2.05, 4.69) is 16.0 Å². The lowest BCUT2D eigenvalue weighted by molar-refractivity contribution is -0.139. The number of hydrogen-bond donors (Lipinski definition) is 3. The SMILES string of the molecule is C[C@@H]1CN(CCOc2ccc(N3C(=S)N(c4ccc(C#N)c(C(F)(F)F)c4)C(=O)C3(C)C)cc2C(F)(F)F)CCN1CC(=O)Nc1cc(Cl)cc(NC2CCC(=O)NC2=O)c1. The Morgan fingerprint density at radius 2 is 1.66 bits per heavy atom. The van der Waals surface area contributed by atoms with Crippen molar-refractivity contribution < 1.29 is 50.3 Å². The predicted molar refractivity (Wildman–Crippen MR) is 217 cm³/mol. The molecule has 3 aliphatic heterocycles. The van der Waals surface area contributed by atoms with Gasteiger partial charge < -0.3 is 20.3 Å². The Balaban J connectivity index is 1.06. The van der Waals surface area contributed by atoms with Crippen LogP contribution in [0.4, 0.5) is 49.1 Å². The molecule has 3 aliphatic rings. The molecule has 61 heavy (non-hydrogen) atoms. The number of nitrogens with zero attached hydrogens (tertiary/aromatic N) is 5. The predicted octanol–water partition coefficient (Wildman–Crippen LogP) is 6.41. The van der Waals surface area contributed by atoms with Gasteiger partial charge in [0.1, 0.15) is 23.9 Å². The molecule has 3 heterocycles. The molecule has 0 aromatic heterocycles. The molecule has 4 amide bonds. The quantitative estimate of drug-likeness (QED) is 0.111. The molecule has 3 saturated heterocycles. The van der Waals surface area contributed by atoms with Gasteiger partial charge in [0, 0.05) is 60.7 Å². The van der Waals surface area contributed by atoms with E-state index in [0.717, 1.165) is 34.1 Å². The summed E-state index contributed by atoms with van der Waals surface area (Å²) in [5.74, 6) is -2.40. The topological polar surface area (TPSA) is 150 Å². The standard InChI is InChI=1S/C40H39ClF6N8O5S/c1-22-20-52(10-11-53(22)21-34(57)50-26-15-24(41)14-25(16-26)49-31-7-9-33(56)51-35(31)58)12-13-60-32-8-6-28(18-30(32)40(45,46)47)55-37(61)54(36(59)38(55,2)3)27-5-4-23(19-48)29(17-27)39(42,43)44/h4-6,8,14-18,22,31,49H,7,9-13,20-21H2,1-3H3,(H,50,57)(H,51,56,58)/t22-,31?/m1/s1. The molecule has 0 spiro atoms. The number of benzene rings is 3. The van der Waals surface area contributed by atoms with Crippen LogP contribution in [0.25, 0.3) is 0 Å². The fraction of sp³-hybridized carbons (Fsp3) is 0.400. The van der Waals surface area contributed by atoms with Crippen LogP contribution in [0.1, 0.15) is 50.3 Å². The Hall–Kier alpha value is -5.49. The lowest BCUT2D eigenvalue weighted by atomic mass is 10.0. The van der Waals surface area contributed by atoms with Crippen molar-refractivity contribution in [1.29, 1.82) is 5.26 Å². The summed E-state index contributed by atoms with van der Waals surface area (Å²) in [5, 5.41) is 17.3. The molecule has 0 aliphatic carbocycles. The number of hydrogen-bond acceptors (Lipinski definition) is 10. The van der Waals surface area contributed by atoms with Crippen molar-refractivity contribution in [3.63, 3.8) is 0 Å². The minimum atomic E-state index is -4.93. The number of amides is 4. The van der Waals surface area contributed by atoms with Crippen molar-refractivity contribution in [2.45, 2.75) is 63.6 Å². The maximum Gasteiger partial charge on any atom is 0.420 e. The summed E-state index contributed by atoms with van der Waals surface area (Å²) in [5.41, 5.74) is -4.33. The number of carbonyl (C=O) groups is 4. The van der Waals surface area contributed by atoms with Crippen molar-refractivity contribution in [2.75, 3.05) is 59.8 Å². The van der Waals surface area contributed by atoms with Crippen molar-refractivity contribution in [1.82, 2.24) is 15.1 Å². The summed E-state index contributed by atoms with van der Waals surface area (Å²) in [6.07, 6.45) is -9.35. The van der Waals surface area contributed by atoms with Crippen LogP contribution in [-0.4, -0.2) is 95.5 Å². The fourth-order valence-corrected chi connectivity index (χ4v) is 8.18. The molecule has 3 N–H and O–H groups in total. The highest BCUT2D eigenvalue weighted by atomic mass is 35.5. The Morgan fingerprint density at radius 3 is 2.31 bits per heavy atom. The second-order valence-electron chi connectivity index (χ2n) is 15.2. The van der Waals surface area contributed by atoms with E-state index in [-0.39, 0.29) is 60.5 Å². The average Bonchev–Trinajstić information content (AvgIpc) is 3.34. The van der Waals surface area contributed by atoms with E-state index in [9.17, 15) is 50.8 Å². The molecule has 0 saturated carbocycles. The highest BCUT2D eigenvalue weighted by molar-refractivity contribution is 7.81. The van der Waals surface area contributed by atoms with Crippen LogP contribution in [0.2, 0.25) is 5.02 Å². The monoisotopic (exact) mass is 892 g/mol. The van der Waals surface area contributed by atoms with Gasteiger partial charge in [0.25, 0.3) is 5.91 Å². The first kappa shape index (κ1) is 45.0. The van der Waals surface area contributed by atoms with E-state index in [4.69, 9.17) is 28.6 Å². The Bertz CT molecular complexity index is 2300. The summed E-state index contributed by atoms with van der Waals surface area (Å²) in [6.45, 7) is 6.27. The number of imide groups is 1. The number of nitriles is 1. The highest BCUT2D eigenvalue weighted by Gasteiger charge is 2.51. The highest BCUT2D eigenvalue weighted by Crippen LogP contribution is 2.43. The number of alkyl halides is 6. The van der Waals surface area contributed by atoms with Crippen LogP contribution in [0.3, 0.4) is 0 Å². The molecular formula is C40H39ClF6N8O5S. The van der Waals surface area contributed by atoms with Gasteiger partial charge in [-0.15, -0.1) is 0 Å². The zero-order valence-electron chi connectivity index (χ0n) is 32.8. The van der Waals surface area contributed by atoms with E-state index in [1.165, 1.54) is 26.0 Å². The van der Waals surface area contributed by atoms with Crippen molar-refractivity contribution in [3.8, 4) is 11.8 Å². The summed E-state index contributed by atoms with van der Waals surface area (Å²) in [6, 6.07) is 11.2. The van der Waals surface area contributed by atoms with Crippen LogP contribution in [-0.2, 0) is 31.5 Å². The van der Waals surface area contributed by atoms with Gasteiger partial charge in [0.15, 0.2) is 5.11 Å². The third-order valence-corrected chi connectivity index (χ3v) is 11.1. The lowest BCUT2D eigenvalue weighted by Gasteiger charge is -2.39. The van der Waals surface area contributed by atoms with Gasteiger partial charge in [-0.3, -0.25) is 39.2 Å². The van der Waals surface area contributed by atoms with Crippen LogP contribution in [0.15, 0.2) is 54.6 Å². The molecule has 21 heteroatoms. The first-order chi connectivity index (χ1) is 28.6. The van der Waals surface area contributed by atoms with Crippen LogP contribution >= 0.6 is 23.8 Å². The molecule has 0 radical (unpaired) electrons. The summed E-state index contributed by atoms with van der Waals surface area (Å²) in [4.78, 5) is 56.2. The van der Waals surface area contributed by atoms with Gasteiger partial charge in [-0.25, -0.2) is 0 Å². The zero-order chi connectivity index (χ0) is 44.6. The number of anilines is 4. The van der Waals surface area contributed by atoms with Crippen molar-refractivity contribution in [3.05, 3.63) is 76.3 Å². The molecule has 3 aromatic rings. The number of thiocarbonyl (C=S) groups is 1. The Morgan fingerprint density at radius 1 is 0.984 bits per heavy atom. The summed E-state index contributed by atoms with van der Waals surface area (Å²) in [7, 11) is 0.